The van der Waals surface area contributed by atoms with Gasteiger partial charge in [0.25, 0.3) is 0 Å². The molecule has 1 heteroatoms. The molecule has 2 bridgehead atoms. The van der Waals surface area contributed by atoms with Crippen molar-refractivity contribution in [3.05, 3.63) is 0 Å². The molecular weight excluding hydrogens is 220 g/mol. The number of methoxy groups -OCH3 is 1. The first-order chi connectivity index (χ1) is 8.48. The summed E-state index contributed by atoms with van der Waals surface area (Å²) in [5.74, 6) is 9.03. The van der Waals surface area contributed by atoms with Crippen molar-refractivity contribution in [2.24, 2.45) is 23.2 Å². The molecule has 2 saturated carbocycles. The van der Waals surface area contributed by atoms with Crippen LogP contribution in [0.25, 0.3) is 0 Å². The standard InChI is InChI=1S/C17H28O/c1-6-7-8-9-10-17(18-5)12-14-11-15(17)13(2)16(14,3)4/h13-15H,6-8,11-12H2,1-5H3. The summed E-state index contributed by atoms with van der Waals surface area (Å²) in [6, 6.07) is 0. The van der Waals surface area contributed by atoms with Crippen molar-refractivity contribution in [2.75, 3.05) is 7.11 Å². The molecule has 0 aliphatic heterocycles. The molecule has 0 saturated heterocycles. The molecule has 0 aromatic heterocycles. The molecule has 4 atom stereocenters. The van der Waals surface area contributed by atoms with E-state index in [1.54, 1.807) is 0 Å². The molecule has 2 fully saturated rings. The Hall–Kier alpha value is -0.480. The van der Waals surface area contributed by atoms with Crippen molar-refractivity contribution in [1.82, 2.24) is 0 Å². The first-order valence-corrected chi connectivity index (χ1v) is 7.53. The Balaban J connectivity index is 2.14. The number of fused-ring (bicyclic) bond motifs is 2. The van der Waals surface area contributed by atoms with Crippen LogP contribution in [0.1, 0.15) is 59.8 Å². The third-order valence-electron chi connectivity index (χ3n) is 5.84. The van der Waals surface area contributed by atoms with Gasteiger partial charge in [-0.3, -0.25) is 0 Å². The minimum Gasteiger partial charge on any atom is -0.365 e. The van der Waals surface area contributed by atoms with E-state index in [0.29, 0.717) is 11.3 Å². The van der Waals surface area contributed by atoms with E-state index in [4.69, 9.17) is 4.74 Å². The molecule has 0 heterocycles. The van der Waals surface area contributed by atoms with Gasteiger partial charge in [0.05, 0.1) is 0 Å². The lowest BCUT2D eigenvalue weighted by atomic mass is 9.64. The zero-order chi connectivity index (χ0) is 13.4. The highest BCUT2D eigenvalue weighted by Crippen LogP contribution is 2.63. The van der Waals surface area contributed by atoms with Gasteiger partial charge in [0.2, 0.25) is 0 Å². The zero-order valence-electron chi connectivity index (χ0n) is 12.7. The average molecular weight is 248 g/mol. The van der Waals surface area contributed by atoms with Gasteiger partial charge in [-0.2, -0.15) is 0 Å². The quantitative estimate of drug-likeness (QED) is 0.535. The van der Waals surface area contributed by atoms with Crippen LogP contribution in [-0.4, -0.2) is 12.7 Å². The second-order valence-electron chi connectivity index (χ2n) is 6.85. The normalized spacial score (nSPS) is 40.6. The van der Waals surface area contributed by atoms with Crippen LogP contribution in [0.5, 0.6) is 0 Å². The molecule has 2 rings (SSSR count). The number of unbranched alkanes of at least 4 members (excludes halogenated alkanes) is 2. The van der Waals surface area contributed by atoms with Crippen LogP contribution < -0.4 is 0 Å². The van der Waals surface area contributed by atoms with E-state index in [2.05, 4.69) is 39.5 Å². The lowest BCUT2D eigenvalue weighted by Gasteiger charge is -2.44. The predicted molar refractivity (Wildman–Crippen MR) is 76.2 cm³/mol. The molecule has 2 aliphatic carbocycles. The lowest BCUT2D eigenvalue weighted by Crippen LogP contribution is -2.45. The van der Waals surface area contributed by atoms with Gasteiger partial charge in [-0.15, -0.1) is 5.92 Å². The van der Waals surface area contributed by atoms with E-state index in [9.17, 15) is 0 Å². The summed E-state index contributed by atoms with van der Waals surface area (Å²) in [7, 11) is 1.86. The van der Waals surface area contributed by atoms with Crippen molar-refractivity contribution in [1.29, 1.82) is 0 Å². The first-order valence-electron chi connectivity index (χ1n) is 7.53. The monoisotopic (exact) mass is 248 g/mol. The highest BCUT2D eigenvalue weighted by molar-refractivity contribution is 5.25. The van der Waals surface area contributed by atoms with Crippen LogP contribution in [0.4, 0.5) is 0 Å². The summed E-state index contributed by atoms with van der Waals surface area (Å²) < 4.78 is 5.90. The molecular formula is C17H28O. The van der Waals surface area contributed by atoms with E-state index in [0.717, 1.165) is 24.7 Å². The van der Waals surface area contributed by atoms with Gasteiger partial charge < -0.3 is 4.74 Å². The van der Waals surface area contributed by atoms with Crippen molar-refractivity contribution in [3.63, 3.8) is 0 Å². The van der Waals surface area contributed by atoms with Crippen molar-refractivity contribution < 1.29 is 4.74 Å². The maximum Gasteiger partial charge on any atom is 0.131 e. The van der Waals surface area contributed by atoms with Crippen LogP contribution >= 0.6 is 0 Å². The fourth-order valence-electron chi connectivity index (χ4n) is 4.07. The van der Waals surface area contributed by atoms with Gasteiger partial charge in [-0.25, -0.2) is 0 Å². The highest BCUT2D eigenvalue weighted by Gasteiger charge is 2.61. The number of hydrogen-bond acceptors (Lipinski definition) is 1. The van der Waals surface area contributed by atoms with Gasteiger partial charge in [0.15, 0.2) is 0 Å². The Kier molecular flexibility index (Phi) is 3.79. The molecule has 1 nitrogen and oxygen atoms in total. The Morgan fingerprint density at radius 1 is 1.33 bits per heavy atom. The summed E-state index contributed by atoms with van der Waals surface area (Å²) in [4.78, 5) is 0. The third kappa shape index (κ3) is 1.99. The SMILES string of the molecule is CCCCC#CC1(OC)CC2CC1C(C)C2(C)C. The van der Waals surface area contributed by atoms with Crippen molar-refractivity contribution in [3.8, 4) is 11.8 Å². The van der Waals surface area contributed by atoms with Gasteiger partial charge in [-0.05, 0) is 36.5 Å². The van der Waals surface area contributed by atoms with Gasteiger partial charge in [0.1, 0.15) is 5.60 Å². The second-order valence-corrected chi connectivity index (χ2v) is 6.85. The number of rotatable bonds is 3. The molecule has 102 valence electrons. The molecule has 0 aromatic rings. The summed E-state index contributed by atoms with van der Waals surface area (Å²) in [6.45, 7) is 9.46. The first kappa shape index (κ1) is 13.9. The maximum absolute atomic E-state index is 5.90. The zero-order valence-corrected chi connectivity index (χ0v) is 12.7. The lowest BCUT2D eigenvalue weighted by molar-refractivity contribution is -0.0552. The Morgan fingerprint density at radius 3 is 2.56 bits per heavy atom. The molecule has 0 amide bonds. The molecule has 4 unspecified atom stereocenters. The van der Waals surface area contributed by atoms with Crippen LogP contribution in [0.2, 0.25) is 0 Å². The van der Waals surface area contributed by atoms with Crippen LogP contribution in [-0.2, 0) is 4.74 Å². The summed E-state index contributed by atoms with van der Waals surface area (Å²) >= 11 is 0. The Labute approximate surface area is 113 Å². The van der Waals surface area contributed by atoms with Crippen molar-refractivity contribution >= 4 is 0 Å². The fourth-order valence-corrected chi connectivity index (χ4v) is 4.07. The van der Waals surface area contributed by atoms with E-state index in [1.165, 1.54) is 19.3 Å². The van der Waals surface area contributed by atoms with E-state index >= 15 is 0 Å². The largest absolute Gasteiger partial charge is 0.365 e. The minimum atomic E-state index is -0.132. The Morgan fingerprint density at radius 2 is 2.06 bits per heavy atom. The summed E-state index contributed by atoms with van der Waals surface area (Å²) in [6.07, 6.45) is 5.91. The smallest absolute Gasteiger partial charge is 0.131 e. The predicted octanol–water partition coefficient (Wildman–Crippen LogP) is 4.27. The van der Waals surface area contributed by atoms with E-state index < -0.39 is 0 Å². The second kappa shape index (κ2) is 4.89. The van der Waals surface area contributed by atoms with Crippen LogP contribution in [0.3, 0.4) is 0 Å². The molecule has 2 aliphatic rings. The van der Waals surface area contributed by atoms with Crippen LogP contribution in [0, 0.1) is 35.0 Å². The third-order valence-corrected chi connectivity index (χ3v) is 5.84. The molecule has 0 N–H and O–H groups in total. The van der Waals surface area contributed by atoms with Gasteiger partial charge in [-0.1, -0.05) is 40.0 Å². The Bertz CT molecular complexity index is 356. The fraction of sp³-hybridized carbons (Fsp3) is 0.882. The average Bonchev–Trinajstić information content (AvgIpc) is 2.83. The summed E-state index contributed by atoms with van der Waals surface area (Å²) in [5.41, 5.74) is 0.338. The molecule has 18 heavy (non-hydrogen) atoms. The van der Waals surface area contributed by atoms with Gasteiger partial charge in [0, 0.05) is 19.4 Å². The van der Waals surface area contributed by atoms with Crippen molar-refractivity contribution in [2.45, 2.75) is 65.4 Å². The number of ether oxygens (including phenoxy) is 1. The maximum atomic E-state index is 5.90. The molecule has 0 radical (unpaired) electrons. The molecule has 0 aromatic carbocycles. The van der Waals surface area contributed by atoms with E-state index in [-0.39, 0.29) is 5.60 Å². The minimum absolute atomic E-state index is 0.132. The summed E-state index contributed by atoms with van der Waals surface area (Å²) in [5, 5.41) is 0. The topological polar surface area (TPSA) is 9.23 Å². The molecule has 0 spiro atoms. The number of hydrogen-bond donors (Lipinski definition) is 0. The highest BCUT2D eigenvalue weighted by atomic mass is 16.5. The van der Waals surface area contributed by atoms with Crippen LogP contribution in [0.15, 0.2) is 0 Å². The van der Waals surface area contributed by atoms with Gasteiger partial charge >= 0.3 is 0 Å². The van der Waals surface area contributed by atoms with E-state index in [1.807, 2.05) is 7.11 Å².